The summed E-state index contributed by atoms with van der Waals surface area (Å²) in [6.07, 6.45) is 0.754. The summed E-state index contributed by atoms with van der Waals surface area (Å²) in [6.45, 7) is 0.793. The predicted molar refractivity (Wildman–Crippen MR) is 82.5 cm³/mol. The molecule has 3 nitrogen and oxygen atoms in total. The largest absolute Gasteiger partial charge is 0.298 e. The van der Waals surface area contributed by atoms with E-state index < -0.39 is 9.84 Å². The van der Waals surface area contributed by atoms with Crippen molar-refractivity contribution in [3.8, 4) is 0 Å². The summed E-state index contributed by atoms with van der Waals surface area (Å²) in [6, 6.07) is 14.8. The van der Waals surface area contributed by atoms with Gasteiger partial charge in [0, 0.05) is 12.6 Å². The van der Waals surface area contributed by atoms with Crippen LogP contribution in [0.3, 0.4) is 0 Å². The van der Waals surface area contributed by atoms with Gasteiger partial charge in [-0.05, 0) is 29.8 Å². The van der Waals surface area contributed by atoms with Crippen LogP contribution in [0.25, 0.3) is 10.8 Å². The number of benzene rings is 2. The van der Waals surface area contributed by atoms with Crippen LogP contribution in [0.2, 0.25) is 0 Å². The second kappa shape index (κ2) is 5.19. The molecule has 3 rings (SSSR count). The fraction of sp³-hybridized carbons (Fsp3) is 0.375. The maximum Gasteiger partial charge on any atom is 0.151 e. The molecule has 0 saturated carbocycles. The summed E-state index contributed by atoms with van der Waals surface area (Å²) in [7, 11) is -0.796. The van der Waals surface area contributed by atoms with Crippen LogP contribution in [-0.4, -0.2) is 37.9 Å². The average molecular weight is 289 g/mol. The van der Waals surface area contributed by atoms with E-state index >= 15 is 0 Å². The molecule has 1 heterocycles. The Morgan fingerprint density at radius 3 is 2.65 bits per heavy atom. The molecule has 1 atom stereocenters. The fourth-order valence-corrected chi connectivity index (χ4v) is 4.76. The second-order valence-corrected chi connectivity index (χ2v) is 7.84. The van der Waals surface area contributed by atoms with E-state index in [2.05, 4.69) is 35.2 Å². The van der Waals surface area contributed by atoms with E-state index in [-0.39, 0.29) is 6.04 Å². The molecule has 106 valence electrons. The second-order valence-electron chi connectivity index (χ2n) is 5.61. The van der Waals surface area contributed by atoms with Gasteiger partial charge in [-0.25, -0.2) is 8.42 Å². The van der Waals surface area contributed by atoms with Gasteiger partial charge in [0.15, 0.2) is 9.84 Å². The van der Waals surface area contributed by atoms with Gasteiger partial charge in [0.25, 0.3) is 0 Å². The lowest BCUT2D eigenvalue weighted by molar-refractivity contribution is 0.255. The molecule has 20 heavy (non-hydrogen) atoms. The molecule has 1 unspecified atom stereocenters. The van der Waals surface area contributed by atoms with Crippen molar-refractivity contribution in [2.75, 3.05) is 18.6 Å². The minimum Gasteiger partial charge on any atom is -0.298 e. The number of rotatable bonds is 3. The van der Waals surface area contributed by atoms with Crippen LogP contribution in [0, 0.1) is 0 Å². The van der Waals surface area contributed by atoms with Crippen molar-refractivity contribution in [2.45, 2.75) is 19.0 Å². The molecule has 1 aliphatic rings. The van der Waals surface area contributed by atoms with E-state index in [9.17, 15) is 8.42 Å². The van der Waals surface area contributed by atoms with Gasteiger partial charge in [0.05, 0.1) is 11.5 Å². The number of fused-ring (bicyclic) bond motifs is 1. The SMILES string of the molecule is CN(Cc1cccc2ccccc12)C1CCS(=O)(=O)C1. The highest BCUT2D eigenvalue weighted by molar-refractivity contribution is 7.91. The third-order valence-corrected chi connectivity index (χ3v) is 5.88. The molecule has 0 amide bonds. The summed E-state index contributed by atoms with van der Waals surface area (Å²) in [5.74, 6) is 0.631. The number of nitrogens with zero attached hydrogens (tertiary/aromatic N) is 1. The van der Waals surface area contributed by atoms with Crippen molar-refractivity contribution >= 4 is 20.6 Å². The van der Waals surface area contributed by atoms with E-state index in [1.807, 2.05) is 19.2 Å². The van der Waals surface area contributed by atoms with Crippen LogP contribution < -0.4 is 0 Å². The number of hydrogen-bond acceptors (Lipinski definition) is 3. The zero-order valence-corrected chi connectivity index (χ0v) is 12.4. The first-order chi connectivity index (χ1) is 9.55. The lowest BCUT2D eigenvalue weighted by atomic mass is 10.0. The quantitative estimate of drug-likeness (QED) is 0.871. The molecular formula is C16H19NO2S. The molecule has 4 heteroatoms. The molecule has 0 radical (unpaired) electrons. The maximum atomic E-state index is 11.6. The minimum absolute atomic E-state index is 0.152. The van der Waals surface area contributed by atoms with Crippen molar-refractivity contribution in [1.29, 1.82) is 0 Å². The van der Waals surface area contributed by atoms with Crippen molar-refractivity contribution in [1.82, 2.24) is 4.90 Å². The van der Waals surface area contributed by atoms with Crippen LogP contribution >= 0.6 is 0 Å². The van der Waals surface area contributed by atoms with Gasteiger partial charge >= 0.3 is 0 Å². The van der Waals surface area contributed by atoms with Crippen LogP contribution in [0.4, 0.5) is 0 Å². The van der Waals surface area contributed by atoms with Gasteiger partial charge in [-0.3, -0.25) is 4.90 Å². The molecule has 2 aromatic carbocycles. The highest BCUT2D eigenvalue weighted by Gasteiger charge is 2.30. The minimum atomic E-state index is -2.82. The van der Waals surface area contributed by atoms with Crippen LogP contribution in [0.1, 0.15) is 12.0 Å². The zero-order valence-electron chi connectivity index (χ0n) is 11.6. The van der Waals surface area contributed by atoms with Gasteiger partial charge in [0.1, 0.15) is 0 Å². The molecule has 0 N–H and O–H groups in total. The highest BCUT2D eigenvalue weighted by Crippen LogP contribution is 2.23. The first kappa shape index (κ1) is 13.6. The summed E-state index contributed by atoms with van der Waals surface area (Å²) < 4.78 is 23.2. The van der Waals surface area contributed by atoms with Crippen LogP contribution in [0.5, 0.6) is 0 Å². The average Bonchev–Trinajstić information content (AvgIpc) is 2.80. The molecule has 1 aliphatic heterocycles. The highest BCUT2D eigenvalue weighted by atomic mass is 32.2. The lowest BCUT2D eigenvalue weighted by Gasteiger charge is -2.23. The molecule has 0 bridgehead atoms. The molecule has 0 aromatic heterocycles. The third kappa shape index (κ3) is 2.72. The summed E-state index contributed by atoms with van der Waals surface area (Å²) in [5, 5.41) is 2.49. The molecule has 0 aliphatic carbocycles. The van der Waals surface area contributed by atoms with Crippen molar-refractivity contribution in [3.63, 3.8) is 0 Å². The number of sulfone groups is 1. The third-order valence-electron chi connectivity index (χ3n) is 4.13. The van der Waals surface area contributed by atoms with Gasteiger partial charge in [0.2, 0.25) is 0 Å². The zero-order chi connectivity index (χ0) is 14.2. The molecule has 0 spiro atoms. The van der Waals surface area contributed by atoms with E-state index in [0.717, 1.165) is 13.0 Å². The van der Waals surface area contributed by atoms with Crippen molar-refractivity contribution in [3.05, 3.63) is 48.0 Å². The molecule has 1 fully saturated rings. The first-order valence-corrected chi connectivity index (χ1v) is 8.75. The molecule has 1 saturated heterocycles. The Kier molecular flexibility index (Phi) is 3.52. The summed E-state index contributed by atoms with van der Waals surface area (Å²) in [4.78, 5) is 2.17. The van der Waals surface area contributed by atoms with Gasteiger partial charge in [-0.15, -0.1) is 0 Å². The predicted octanol–water partition coefficient (Wildman–Crippen LogP) is 2.46. The summed E-state index contributed by atoms with van der Waals surface area (Å²) in [5.41, 5.74) is 1.26. The smallest absolute Gasteiger partial charge is 0.151 e. The van der Waals surface area contributed by atoms with E-state index in [1.54, 1.807) is 0 Å². The van der Waals surface area contributed by atoms with Crippen molar-refractivity contribution < 1.29 is 8.42 Å². The monoisotopic (exact) mass is 289 g/mol. The van der Waals surface area contributed by atoms with E-state index in [4.69, 9.17) is 0 Å². The van der Waals surface area contributed by atoms with Gasteiger partial charge in [-0.2, -0.15) is 0 Å². The number of hydrogen-bond donors (Lipinski definition) is 0. The first-order valence-electron chi connectivity index (χ1n) is 6.92. The Morgan fingerprint density at radius 2 is 1.90 bits per heavy atom. The fourth-order valence-electron chi connectivity index (χ4n) is 2.95. The Labute approximate surface area is 120 Å². The van der Waals surface area contributed by atoms with Gasteiger partial charge < -0.3 is 0 Å². The molecular weight excluding hydrogens is 270 g/mol. The van der Waals surface area contributed by atoms with E-state index in [1.165, 1.54) is 16.3 Å². The lowest BCUT2D eigenvalue weighted by Crippen LogP contribution is -2.32. The maximum absolute atomic E-state index is 11.6. The van der Waals surface area contributed by atoms with Crippen LogP contribution in [0.15, 0.2) is 42.5 Å². The Morgan fingerprint density at radius 1 is 1.15 bits per heavy atom. The molecule has 2 aromatic rings. The Balaban J connectivity index is 1.83. The Bertz CT molecular complexity index is 719. The standard InChI is InChI=1S/C16H19NO2S/c1-17(15-9-10-20(18,19)12-15)11-14-7-4-6-13-5-2-3-8-16(13)14/h2-8,15H,9-12H2,1H3. The van der Waals surface area contributed by atoms with Crippen molar-refractivity contribution in [2.24, 2.45) is 0 Å². The topological polar surface area (TPSA) is 37.4 Å². The van der Waals surface area contributed by atoms with Crippen LogP contribution in [-0.2, 0) is 16.4 Å². The summed E-state index contributed by atoms with van der Waals surface area (Å²) >= 11 is 0. The van der Waals surface area contributed by atoms with E-state index in [0.29, 0.717) is 11.5 Å². The van der Waals surface area contributed by atoms with Gasteiger partial charge in [-0.1, -0.05) is 42.5 Å². The Hall–Kier alpha value is -1.39. The normalized spacial score (nSPS) is 21.6.